The van der Waals surface area contributed by atoms with E-state index < -0.39 is 51.3 Å². The van der Waals surface area contributed by atoms with Crippen LogP contribution < -0.4 is 4.74 Å². The van der Waals surface area contributed by atoms with Crippen LogP contribution in [0, 0.1) is 11.3 Å². The Bertz CT molecular complexity index is 1470. The van der Waals surface area contributed by atoms with Crippen LogP contribution in [0.15, 0.2) is 93.5 Å². The lowest BCUT2D eigenvalue weighted by Crippen LogP contribution is -2.52. The van der Waals surface area contributed by atoms with Gasteiger partial charge < -0.3 is 14.2 Å². The minimum absolute atomic E-state index is 0.0283. The van der Waals surface area contributed by atoms with E-state index in [4.69, 9.17) is 18.8 Å². The van der Waals surface area contributed by atoms with Gasteiger partial charge in [-0.05, 0) is 73.5 Å². The summed E-state index contributed by atoms with van der Waals surface area (Å²) in [5.74, 6) is -0.248. The molecule has 0 amide bonds. The van der Waals surface area contributed by atoms with Crippen molar-refractivity contribution in [3.8, 4) is 5.75 Å². The first-order valence-electron chi connectivity index (χ1n) is 14.0. The van der Waals surface area contributed by atoms with Gasteiger partial charge in [-0.2, -0.15) is 17.2 Å². The van der Waals surface area contributed by atoms with E-state index in [9.17, 15) is 21.6 Å². The zero-order valence-electron chi connectivity index (χ0n) is 24.8. The summed E-state index contributed by atoms with van der Waals surface area (Å²) in [6.45, 7) is 10.6. The van der Waals surface area contributed by atoms with Crippen molar-refractivity contribution in [2.45, 2.75) is 79.0 Å². The van der Waals surface area contributed by atoms with Crippen LogP contribution in [0.25, 0.3) is 0 Å². The van der Waals surface area contributed by atoms with Gasteiger partial charge in [0.15, 0.2) is 26.6 Å². The molecule has 0 aromatic heterocycles. The van der Waals surface area contributed by atoms with E-state index in [0.717, 1.165) is 20.2 Å². The number of rotatable bonds is 11. The van der Waals surface area contributed by atoms with Crippen LogP contribution in [0.5, 0.6) is 5.75 Å². The first-order valence-corrected chi connectivity index (χ1v) is 16.6. The molecule has 0 aliphatic carbocycles. The quantitative estimate of drug-likeness (QED) is 0.172. The van der Waals surface area contributed by atoms with E-state index in [1.165, 1.54) is 0 Å². The van der Waals surface area contributed by atoms with Crippen molar-refractivity contribution in [3.63, 3.8) is 0 Å². The molecule has 1 heterocycles. The number of hydrogen-bond donors (Lipinski definition) is 1. The topological polar surface area (TPSA) is 82.1 Å². The van der Waals surface area contributed by atoms with E-state index >= 15 is 0 Å². The highest BCUT2D eigenvalue weighted by Crippen LogP contribution is 2.43. The Hall–Kier alpha value is -2.57. The maximum Gasteiger partial charge on any atom is 0.400 e. The first kappa shape index (κ1) is 33.3. The summed E-state index contributed by atoms with van der Waals surface area (Å²) in [5.41, 5.74) is 0.811. The molecule has 0 bridgehead atoms. The molecule has 1 aliphatic heterocycles. The molecule has 0 saturated carbocycles. The molecule has 4 unspecified atom stereocenters. The lowest BCUT2D eigenvalue weighted by molar-refractivity contribution is -0.337. The van der Waals surface area contributed by atoms with Crippen LogP contribution in [-0.2, 0) is 36.3 Å². The largest absolute Gasteiger partial charge is 0.493 e. The average Bonchev–Trinajstić information content (AvgIpc) is 2.95. The Morgan fingerprint density at radius 1 is 0.953 bits per heavy atom. The van der Waals surface area contributed by atoms with Crippen molar-refractivity contribution in [1.29, 1.82) is 0 Å². The molecular formula is C32H38F3O6S2+. The molecule has 11 heteroatoms. The van der Waals surface area contributed by atoms with Crippen molar-refractivity contribution < 1.29 is 40.4 Å². The molecule has 43 heavy (non-hydrogen) atoms. The second kappa shape index (κ2) is 12.8. The van der Waals surface area contributed by atoms with Crippen molar-refractivity contribution in [2.24, 2.45) is 11.3 Å². The minimum Gasteiger partial charge on any atom is -0.493 e. The van der Waals surface area contributed by atoms with E-state index in [-0.39, 0.29) is 11.5 Å². The van der Waals surface area contributed by atoms with Crippen molar-refractivity contribution in [1.82, 2.24) is 0 Å². The normalized spacial score (nSPS) is 22.2. The van der Waals surface area contributed by atoms with Crippen molar-refractivity contribution in [3.05, 3.63) is 84.4 Å². The number of hydrogen-bond acceptors (Lipinski definition) is 5. The third-order valence-electron chi connectivity index (χ3n) is 7.45. The van der Waals surface area contributed by atoms with E-state index in [2.05, 4.69) is 39.8 Å². The van der Waals surface area contributed by atoms with Crippen LogP contribution in [0.4, 0.5) is 13.2 Å². The average molecular weight is 640 g/mol. The lowest BCUT2D eigenvalue weighted by atomic mass is 9.80. The van der Waals surface area contributed by atoms with Gasteiger partial charge in [0.25, 0.3) is 0 Å². The van der Waals surface area contributed by atoms with E-state index in [1.807, 2.05) is 61.5 Å². The molecule has 6 nitrogen and oxygen atoms in total. The zero-order valence-corrected chi connectivity index (χ0v) is 26.4. The lowest BCUT2D eigenvalue weighted by Gasteiger charge is -2.49. The van der Waals surface area contributed by atoms with Crippen molar-refractivity contribution in [2.75, 3.05) is 13.2 Å². The molecule has 1 fully saturated rings. The molecule has 4 rings (SSSR count). The molecule has 0 spiro atoms. The highest BCUT2D eigenvalue weighted by Gasteiger charge is 2.52. The fourth-order valence-corrected chi connectivity index (χ4v) is 7.68. The van der Waals surface area contributed by atoms with Gasteiger partial charge in [0.05, 0.1) is 30.2 Å². The SMILES string of the molecule is CC(C)C1OC(C)(c2ccc([S+](c3ccccc3)c3ccc(OCCC(F)C(F)(F)S(=O)(=O)O)cc3)cc2)OCC1(C)C. The van der Waals surface area contributed by atoms with Crippen LogP contribution in [0.2, 0.25) is 0 Å². The van der Waals surface area contributed by atoms with Crippen molar-refractivity contribution >= 4 is 21.0 Å². The second-order valence-electron chi connectivity index (χ2n) is 11.8. The summed E-state index contributed by atoms with van der Waals surface area (Å²) < 4.78 is 89.0. The highest BCUT2D eigenvalue weighted by molar-refractivity contribution is 7.97. The summed E-state index contributed by atoms with van der Waals surface area (Å²) in [7, 11) is -6.37. The molecule has 1 N–H and O–H groups in total. The maximum atomic E-state index is 13.8. The summed E-state index contributed by atoms with van der Waals surface area (Å²) in [6.07, 6.45) is -4.00. The molecule has 3 aromatic carbocycles. The van der Waals surface area contributed by atoms with Gasteiger partial charge in [0.1, 0.15) is 5.75 Å². The molecule has 4 atom stereocenters. The first-order chi connectivity index (χ1) is 20.0. The molecule has 1 saturated heterocycles. The van der Waals surface area contributed by atoms with Gasteiger partial charge in [-0.15, -0.1) is 0 Å². The Balaban J connectivity index is 1.53. The Labute approximate surface area is 254 Å². The molecule has 3 aromatic rings. The van der Waals surface area contributed by atoms with Gasteiger partial charge in [-0.3, -0.25) is 4.55 Å². The fourth-order valence-electron chi connectivity index (χ4n) is 5.17. The Morgan fingerprint density at radius 3 is 2.02 bits per heavy atom. The Kier molecular flexibility index (Phi) is 9.93. The van der Waals surface area contributed by atoms with E-state index in [1.54, 1.807) is 12.1 Å². The molecular weight excluding hydrogens is 601 g/mol. The number of halogens is 3. The monoisotopic (exact) mass is 639 g/mol. The second-order valence-corrected chi connectivity index (χ2v) is 15.3. The predicted octanol–water partition coefficient (Wildman–Crippen LogP) is 7.64. The van der Waals surface area contributed by atoms with Gasteiger partial charge in [0.2, 0.25) is 0 Å². The predicted molar refractivity (Wildman–Crippen MR) is 160 cm³/mol. The van der Waals surface area contributed by atoms with Crippen LogP contribution >= 0.6 is 0 Å². The standard InChI is InChI=1S/C32H37F3O6S2/c1-22(2)29-30(3,4)21-40-31(5,41-29)23-11-15-26(16-12-23)42(25-9-7-6-8-10-25)27-17-13-24(14-18-27)39-20-19-28(33)32(34,35)43(36,37)38/h6-18,22,28-29H,19-21H2,1-5H3/p+1. The van der Waals surface area contributed by atoms with Gasteiger partial charge in [-0.25, -0.2) is 4.39 Å². The van der Waals surface area contributed by atoms with Gasteiger partial charge in [-0.1, -0.05) is 45.9 Å². The third-order valence-corrected chi connectivity index (χ3v) is 10.6. The summed E-state index contributed by atoms with van der Waals surface area (Å²) in [4.78, 5) is 3.09. The van der Waals surface area contributed by atoms with Crippen LogP contribution in [0.3, 0.4) is 0 Å². The molecule has 234 valence electrons. The van der Waals surface area contributed by atoms with Crippen LogP contribution in [0.1, 0.15) is 46.6 Å². The number of benzene rings is 3. The molecule has 1 aliphatic rings. The summed E-state index contributed by atoms with van der Waals surface area (Å²) >= 11 is 0. The summed E-state index contributed by atoms with van der Waals surface area (Å²) in [5, 5.41) is -4.90. The summed E-state index contributed by atoms with van der Waals surface area (Å²) in [6, 6.07) is 25.2. The maximum absolute atomic E-state index is 13.8. The van der Waals surface area contributed by atoms with E-state index in [0.29, 0.717) is 18.3 Å². The smallest absolute Gasteiger partial charge is 0.400 e. The fraction of sp³-hybridized carbons (Fsp3) is 0.438. The zero-order chi connectivity index (χ0) is 31.6. The number of ether oxygens (including phenoxy) is 3. The number of alkyl halides is 3. The van der Waals surface area contributed by atoms with Crippen LogP contribution in [-0.4, -0.2) is 43.7 Å². The minimum atomic E-state index is -5.86. The highest BCUT2D eigenvalue weighted by atomic mass is 32.2. The van der Waals surface area contributed by atoms with Gasteiger partial charge in [0, 0.05) is 17.4 Å². The molecule has 0 radical (unpaired) electrons. The third kappa shape index (κ3) is 7.39. The Morgan fingerprint density at radius 2 is 1.49 bits per heavy atom. The van der Waals surface area contributed by atoms with Gasteiger partial charge >= 0.3 is 15.4 Å².